The molecule has 1 aromatic rings. The number of halogens is 2. The third-order valence-electron chi connectivity index (χ3n) is 3.83. The summed E-state index contributed by atoms with van der Waals surface area (Å²) in [5, 5.41) is 2.80. The number of carbonyl (C=O) groups excluding carboxylic acids is 1. The lowest BCUT2D eigenvalue weighted by Gasteiger charge is -2.42. The van der Waals surface area contributed by atoms with Crippen molar-refractivity contribution in [3.8, 4) is 0 Å². The van der Waals surface area contributed by atoms with Gasteiger partial charge in [-0.2, -0.15) is 0 Å². The van der Waals surface area contributed by atoms with Gasteiger partial charge in [-0.25, -0.2) is 12.8 Å². The molecule has 20 heavy (non-hydrogen) atoms. The molecular formula is C13H15ClFNO3S. The zero-order chi connectivity index (χ0) is 15.0. The molecule has 0 bridgehead atoms. The maximum absolute atomic E-state index is 13.7. The minimum absolute atomic E-state index is 0.287. The first-order chi connectivity index (χ1) is 9.27. The minimum atomic E-state index is -3.99. The highest BCUT2D eigenvalue weighted by Gasteiger charge is 2.37. The molecule has 0 saturated heterocycles. The van der Waals surface area contributed by atoms with Crippen LogP contribution in [0, 0.1) is 5.82 Å². The molecule has 0 spiro atoms. The monoisotopic (exact) mass is 319 g/mol. The van der Waals surface area contributed by atoms with Gasteiger partial charge in [0.1, 0.15) is 5.82 Å². The Kier molecular flexibility index (Phi) is 4.07. The summed E-state index contributed by atoms with van der Waals surface area (Å²) >= 11 is 0. The molecule has 0 atom stereocenters. The molecule has 110 valence electrons. The van der Waals surface area contributed by atoms with Crippen molar-refractivity contribution in [3.05, 3.63) is 29.6 Å². The molecule has 2 rings (SSSR count). The van der Waals surface area contributed by atoms with Crippen LogP contribution in [0.2, 0.25) is 0 Å². The fourth-order valence-electron chi connectivity index (χ4n) is 2.31. The number of carbonyl (C=O) groups is 1. The molecule has 1 N–H and O–H groups in total. The number of rotatable bonds is 4. The van der Waals surface area contributed by atoms with Crippen LogP contribution < -0.4 is 5.32 Å². The second kappa shape index (κ2) is 5.33. The van der Waals surface area contributed by atoms with Crippen LogP contribution in [0.5, 0.6) is 0 Å². The van der Waals surface area contributed by atoms with E-state index in [2.05, 4.69) is 5.32 Å². The van der Waals surface area contributed by atoms with E-state index in [0.29, 0.717) is 0 Å². The molecule has 0 radical (unpaired) electrons. The van der Waals surface area contributed by atoms with Crippen LogP contribution in [0.1, 0.15) is 43.0 Å². The highest BCUT2D eigenvalue weighted by molar-refractivity contribution is 8.13. The SMILES string of the molecule is CCC1(NC(=O)c2cc(S(=O)(=O)Cl)ccc2F)CCC1. The zero-order valence-corrected chi connectivity index (χ0v) is 12.5. The van der Waals surface area contributed by atoms with Gasteiger partial charge in [-0.05, 0) is 43.9 Å². The molecule has 4 nitrogen and oxygen atoms in total. The van der Waals surface area contributed by atoms with Crippen molar-refractivity contribution >= 4 is 25.6 Å². The van der Waals surface area contributed by atoms with Gasteiger partial charge in [-0.15, -0.1) is 0 Å². The van der Waals surface area contributed by atoms with Crippen molar-refractivity contribution in [1.29, 1.82) is 0 Å². The first kappa shape index (κ1) is 15.3. The highest BCUT2D eigenvalue weighted by Crippen LogP contribution is 2.35. The summed E-state index contributed by atoms with van der Waals surface area (Å²) in [7, 11) is 1.21. The van der Waals surface area contributed by atoms with Crippen molar-refractivity contribution in [1.82, 2.24) is 5.32 Å². The standard InChI is InChI=1S/C13H15ClFNO3S/c1-2-13(6-3-7-13)16-12(17)10-8-9(20(14,18)19)4-5-11(10)15/h4-5,8H,2-3,6-7H2,1H3,(H,16,17). The Morgan fingerprint density at radius 2 is 2.10 bits per heavy atom. The third-order valence-corrected chi connectivity index (χ3v) is 5.18. The number of amides is 1. The number of hydrogen-bond acceptors (Lipinski definition) is 3. The Morgan fingerprint density at radius 3 is 2.55 bits per heavy atom. The first-order valence-corrected chi connectivity index (χ1v) is 8.65. The number of nitrogens with one attached hydrogen (secondary N) is 1. The van der Waals surface area contributed by atoms with Gasteiger partial charge in [0.05, 0.1) is 10.5 Å². The number of hydrogen-bond donors (Lipinski definition) is 1. The predicted octanol–water partition coefficient (Wildman–Crippen LogP) is 2.82. The summed E-state index contributed by atoms with van der Waals surface area (Å²) in [5.41, 5.74) is -0.592. The van der Waals surface area contributed by atoms with Crippen LogP contribution in [0.25, 0.3) is 0 Å². The molecule has 0 aromatic heterocycles. The van der Waals surface area contributed by atoms with Crippen LogP contribution in [-0.2, 0) is 9.05 Å². The second-order valence-electron chi connectivity index (χ2n) is 5.02. The fourth-order valence-corrected chi connectivity index (χ4v) is 3.09. The Labute approximate surface area is 121 Å². The molecule has 1 saturated carbocycles. The average molecular weight is 320 g/mol. The summed E-state index contributed by atoms with van der Waals surface area (Å²) in [6.07, 6.45) is 3.48. The molecule has 0 aliphatic heterocycles. The summed E-state index contributed by atoms with van der Waals surface area (Å²) in [5.74, 6) is -1.37. The van der Waals surface area contributed by atoms with Crippen LogP contribution >= 0.6 is 10.7 Å². The predicted molar refractivity (Wildman–Crippen MR) is 73.8 cm³/mol. The third kappa shape index (κ3) is 2.96. The Bertz CT molecular complexity index is 636. The Balaban J connectivity index is 2.30. The average Bonchev–Trinajstić information content (AvgIpc) is 2.32. The normalized spacial score (nSPS) is 17.4. The molecule has 0 heterocycles. The Hall–Kier alpha value is -1.14. The summed E-state index contributed by atoms with van der Waals surface area (Å²) in [6, 6.07) is 2.94. The fraction of sp³-hybridized carbons (Fsp3) is 0.462. The van der Waals surface area contributed by atoms with E-state index in [0.717, 1.165) is 43.9 Å². The molecule has 1 aliphatic carbocycles. The van der Waals surface area contributed by atoms with E-state index in [9.17, 15) is 17.6 Å². The largest absolute Gasteiger partial charge is 0.347 e. The van der Waals surface area contributed by atoms with Crippen molar-refractivity contribution < 1.29 is 17.6 Å². The molecule has 7 heteroatoms. The van der Waals surface area contributed by atoms with Crippen LogP contribution in [-0.4, -0.2) is 19.9 Å². The summed E-state index contributed by atoms with van der Waals surface area (Å²) in [4.78, 5) is 11.8. The lowest BCUT2D eigenvalue weighted by Crippen LogP contribution is -2.53. The smallest absolute Gasteiger partial charge is 0.261 e. The van der Waals surface area contributed by atoms with Crippen molar-refractivity contribution in [3.63, 3.8) is 0 Å². The van der Waals surface area contributed by atoms with E-state index in [4.69, 9.17) is 10.7 Å². The van der Waals surface area contributed by atoms with Crippen molar-refractivity contribution in [2.24, 2.45) is 0 Å². The van der Waals surface area contributed by atoms with Crippen LogP contribution in [0.3, 0.4) is 0 Å². The van der Waals surface area contributed by atoms with Crippen LogP contribution in [0.4, 0.5) is 4.39 Å². The van der Waals surface area contributed by atoms with E-state index in [-0.39, 0.29) is 16.0 Å². The van der Waals surface area contributed by atoms with E-state index < -0.39 is 20.8 Å². The maximum Gasteiger partial charge on any atom is 0.261 e. The minimum Gasteiger partial charge on any atom is -0.347 e. The first-order valence-electron chi connectivity index (χ1n) is 6.34. The van der Waals surface area contributed by atoms with E-state index in [1.807, 2.05) is 6.92 Å². The molecule has 1 aliphatic rings. The molecule has 1 aromatic carbocycles. The van der Waals surface area contributed by atoms with Gasteiger partial charge in [-0.1, -0.05) is 6.92 Å². The van der Waals surface area contributed by atoms with Crippen LogP contribution in [0.15, 0.2) is 23.1 Å². The van der Waals surface area contributed by atoms with Crippen molar-refractivity contribution in [2.45, 2.75) is 43.0 Å². The van der Waals surface area contributed by atoms with Gasteiger partial charge < -0.3 is 5.32 Å². The topological polar surface area (TPSA) is 63.2 Å². The molecule has 0 unspecified atom stereocenters. The lowest BCUT2D eigenvalue weighted by molar-refractivity contribution is 0.0816. The van der Waals surface area contributed by atoms with E-state index in [1.54, 1.807) is 0 Å². The van der Waals surface area contributed by atoms with Gasteiger partial charge >= 0.3 is 0 Å². The second-order valence-corrected chi connectivity index (χ2v) is 7.59. The maximum atomic E-state index is 13.7. The van der Waals surface area contributed by atoms with Gasteiger partial charge in [0.25, 0.3) is 15.0 Å². The summed E-state index contributed by atoms with van der Waals surface area (Å²) in [6.45, 7) is 1.95. The van der Waals surface area contributed by atoms with E-state index >= 15 is 0 Å². The van der Waals surface area contributed by atoms with E-state index in [1.165, 1.54) is 0 Å². The van der Waals surface area contributed by atoms with Crippen molar-refractivity contribution in [2.75, 3.05) is 0 Å². The zero-order valence-electron chi connectivity index (χ0n) is 10.9. The summed E-state index contributed by atoms with van der Waals surface area (Å²) < 4.78 is 36.2. The van der Waals surface area contributed by atoms with Gasteiger partial charge in [0.15, 0.2) is 0 Å². The van der Waals surface area contributed by atoms with Gasteiger partial charge in [-0.3, -0.25) is 4.79 Å². The molecular weight excluding hydrogens is 305 g/mol. The molecule has 1 amide bonds. The Morgan fingerprint density at radius 1 is 1.45 bits per heavy atom. The lowest BCUT2D eigenvalue weighted by atomic mass is 9.74. The highest BCUT2D eigenvalue weighted by atomic mass is 35.7. The number of benzene rings is 1. The quantitative estimate of drug-likeness (QED) is 0.868. The van der Waals surface area contributed by atoms with Gasteiger partial charge in [0, 0.05) is 16.2 Å². The molecule has 1 fully saturated rings. The van der Waals surface area contributed by atoms with Gasteiger partial charge in [0.2, 0.25) is 0 Å².